The van der Waals surface area contributed by atoms with Gasteiger partial charge in [-0.15, -0.1) is 24.0 Å². The van der Waals surface area contributed by atoms with Gasteiger partial charge in [0.25, 0.3) is 5.91 Å². The van der Waals surface area contributed by atoms with Crippen LogP contribution in [0.25, 0.3) is 0 Å². The second-order valence-corrected chi connectivity index (χ2v) is 7.77. The highest BCUT2D eigenvalue weighted by atomic mass is 127. The molecule has 8 heteroatoms. The topological polar surface area (TPSA) is 74.8 Å². The number of guanidine groups is 1. The third-order valence-corrected chi connectivity index (χ3v) is 5.48. The minimum absolute atomic E-state index is 0. The molecule has 0 spiro atoms. The zero-order valence-electron chi connectivity index (χ0n) is 17.4. The molecule has 1 fully saturated rings. The van der Waals surface area contributed by atoms with Crippen LogP contribution in [0.1, 0.15) is 49.4 Å². The quantitative estimate of drug-likeness (QED) is 0.184. The van der Waals surface area contributed by atoms with Crippen molar-refractivity contribution in [3.8, 4) is 0 Å². The van der Waals surface area contributed by atoms with Crippen molar-refractivity contribution in [1.82, 2.24) is 16.0 Å². The normalized spacial score (nSPS) is 15.5. The van der Waals surface area contributed by atoms with Crippen LogP contribution in [0.4, 0.5) is 0 Å². The fraction of sp³-hybridized carbons (Fsp3) is 0.619. The number of benzene rings is 1. The maximum atomic E-state index is 12.1. The van der Waals surface area contributed by atoms with Crippen molar-refractivity contribution in [3.05, 3.63) is 34.9 Å². The third-order valence-electron chi connectivity index (χ3n) is 5.23. The van der Waals surface area contributed by atoms with E-state index in [1.54, 1.807) is 31.4 Å². The first kappa shape index (κ1) is 26.0. The summed E-state index contributed by atoms with van der Waals surface area (Å²) in [6, 6.07) is 6.87. The van der Waals surface area contributed by atoms with Crippen LogP contribution in [0.2, 0.25) is 5.02 Å². The smallest absolute Gasteiger partial charge is 0.251 e. The standard InChI is InChI=1S/C21H33ClN4O2.HI/c1-3-23-20(26-16-21(12-15-28-2)10-4-5-11-21)25-14-13-24-19(27)17-6-8-18(22)9-7-17;/h6-9H,3-5,10-16H2,1-2H3,(H,24,27)(H2,23,25,26);1H. The van der Waals surface area contributed by atoms with Gasteiger partial charge < -0.3 is 20.7 Å². The molecule has 0 saturated heterocycles. The van der Waals surface area contributed by atoms with Crippen molar-refractivity contribution in [3.63, 3.8) is 0 Å². The summed E-state index contributed by atoms with van der Waals surface area (Å²) < 4.78 is 5.30. The summed E-state index contributed by atoms with van der Waals surface area (Å²) >= 11 is 5.85. The van der Waals surface area contributed by atoms with E-state index in [0.29, 0.717) is 23.7 Å². The predicted octanol–water partition coefficient (Wildman–Crippen LogP) is 3.84. The molecular weight excluding hydrogens is 503 g/mol. The lowest BCUT2D eigenvalue weighted by Crippen LogP contribution is -2.42. The van der Waals surface area contributed by atoms with E-state index in [1.165, 1.54) is 25.7 Å². The molecule has 29 heavy (non-hydrogen) atoms. The minimum Gasteiger partial charge on any atom is -0.385 e. The Hall–Kier alpha value is -1.06. The first-order chi connectivity index (χ1) is 13.6. The van der Waals surface area contributed by atoms with Gasteiger partial charge in [-0.3, -0.25) is 9.79 Å². The number of nitrogens with one attached hydrogen (secondary N) is 3. The molecule has 0 aromatic heterocycles. The molecule has 0 atom stereocenters. The van der Waals surface area contributed by atoms with Crippen LogP contribution in [0.5, 0.6) is 0 Å². The summed E-state index contributed by atoms with van der Waals surface area (Å²) in [7, 11) is 1.76. The van der Waals surface area contributed by atoms with Gasteiger partial charge >= 0.3 is 0 Å². The Balaban J connectivity index is 0.00000420. The monoisotopic (exact) mass is 536 g/mol. The van der Waals surface area contributed by atoms with Crippen LogP contribution in [0.3, 0.4) is 0 Å². The van der Waals surface area contributed by atoms with Gasteiger partial charge in [0.05, 0.1) is 0 Å². The lowest BCUT2D eigenvalue weighted by molar-refractivity contribution is 0.0954. The molecule has 0 unspecified atom stereocenters. The van der Waals surface area contributed by atoms with E-state index in [1.807, 2.05) is 0 Å². The Morgan fingerprint density at radius 2 is 1.79 bits per heavy atom. The summed E-state index contributed by atoms with van der Waals surface area (Å²) in [6.45, 7) is 5.57. The molecule has 0 bridgehead atoms. The molecule has 0 heterocycles. The number of hydrogen-bond donors (Lipinski definition) is 3. The number of ether oxygens (including phenoxy) is 1. The van der Waals surface area contributed by atoms with Crippen molar-refractivity contribution in [2.24, 2.45) is 10.4 Å². The number of halogens is 2. The maximum absolute atomic E-state index is 12.1. The number of amides is 1. The van der Waals surface area contributed by atoms with Gasteiger partial charge in [0.1, 0.15) is 0 Å². The van der Waals surface area contributed by atoms with E-state index in [9.17, 15) is 4.79 Å². The Kier molecular flexibility index (Phi) is 12.6. The molecule has 1 aliphatic carbocycles. The first-order valence-electron chi connectivity index (χ1n) is 10.1. The molecule has 0 aliphatic heterocycles. The SMILES string of the molecule is CCNC(=NCC1(CCOC)CCCC1)NCCNC(=O)c1ccc(Cl)cc1.I. The van der Waals surface area contributed by atoms with E-state index in [0.717, 1.165) is 32.1 Å². The van der Waals surface area contributed by atoms with Gasteiger partial charge in [-0.25, -0.2) is 0 Å². The molecular formula is C21H34ClIN4O2. The lowest BCUT2D eigenvalue weighted by Gasteiger charge is -2.27. The fourth-order valence-electron chi connectivity index (χ4n) is 3.58. The number of carbonyl (C=O) groups is 1. The van der Waals surface area contributed by atoms with Gasteiger partial charge in [0.15, 0.2) is 5.96 Å². The predicted molar refractivity (Wildman–Crippen MR) is 131 cm³/mol. The average molecular weight is 537 g/mol. The number of nitrogens with zero attached hydrogens (tertiary/aromatic N) is 1. The molecule has 3 N–H and O–H groups in total. The zero-order valence-corrected chi connectivity index (χ0v) is 20.5. The lowest BCUT2D eigenvalue weighted by atomic mass is 9.83. The molecule has 1 saturated carbocycles. The van der Waals surface area contributed by atoms with E-state index < -0.39 is 0 Å². The van der Waals surface area contributed by atoms with E-state index in [-0.39, 0.29) is 35.3 Å². The zero-order chi connectivity index (χ0) is 20.2. The largest absolute Gasteiger partial charge is 0.385 e. The van der Waals surface area contributed by atoms with Gasteiger partial charge in [-0.2, -0.15) is 0 Å². The Morgan fingerprint density at radius 1 is 1.14 bits per heavy atom. The third kappa shape index (κ3) is 9.09. The molecule has 2 rings (SSSR count). The Bertz CT molecular complexity index is 634. The van der Waals surface area contributed by atoms with Crippen LogP contribution in [0.15, 0.2) is 29.3 Å². The van der Waals surface area contributed by atoms with Gasteiger partial charge in [-0.1, -0.05) is 24.4 Å². The number of aliphatic imine (C=N–C) groups is 1. The van der Waals surface area contributed by atoms with Gasteiger partial charge in [-0.05, 0) is 55.9 Å². The van der Waals surface area contributed by atoms with Crippen LogP contribution < -0.4 is 16.0 Å². The highest BCUT2D eigenvalue weighted by Crippen LogP contribution is 2.41. The highest BCUT2D eigenvalue weighted by molar-refractivity contribution is 14.0. The fourth-order valence-corrected chi connectivity index (χ4v) is 3.71. The summed E-state index contributed by atoms with van der Waals surface area (Å²) in [5.74, 6) is 0.691. The Labute approximate surface area is 196 Å². The average Bonchev–Trinajstić information content (AvgIpc) is 3.17. The molecule has 1 amide bonds. The molecule has 164 valence electrons. The first-order valence-corrected chi connectivity index (χ1v) is 10.5. The minimum atomic E-state index is -0.107. The van der Waals surface area contributed by atoms with E-state index in [4.69, 9.17) is 21.3 Å². The molecule has 6 nitrogen and oxygen atoms in total. The summed E-state index contributed by atoms with van der Waals surface area (Å²) in [4.78, 5) is 16.9. The number of methoxy groups -OCH3 is 1. The second kappa shape index (κ2) is 14.0. The number of hydrogen-bond acceptors (Lipinski definition) is 3. The van der Waals surface area contributed by atoms with Gasteiger partial charge in [0, 0.05) is 50.5 Å². The summed E-state index contributed by atoms with van der Waals surface area (Å²) in [5.41, 5.74) is 0.868. The second-order valence-electron chi connectivity index (χ2n) is 7.33. The van der Waals surface area contributed by atoms with Gasteiger partial charge in [0.2, 0.25) is 0 Å². The van der Waals surface area contributed by atoms with Crippen LogP contribution >= 0.6 is 35.6 Å². The van der Waals surface area contributed by atoms with Crippen LogP contribution in [-0.4, -0.2) is 51.8 Å². The van der Waals surface area contributed by atoms with E-state index >= 15 is 0 Å². The van der Waals surface area contributed by atoms with Crippen molar-refractivity contribution in [1.29, 1.82) is 0 Å². The van der Waals surface area contributed by atoms with Crippen LogP contribution in [-0.2, 0) is 4.74 Å². The van der Waals surface area contributed by atoms with E-state index in [2.05, 4.69) is 22.9 Å². The molecule has 1 aliphatic rings. The number of rotatable bonds is 10. The molecule has 1 aromatic carbocycles. The van der Waals surface area contributed by atoms with Crippen molar-refractivity contribution in [2.45, 2.75) is 39.0 Å². The van der Waals surface area contributed by atoms with Crippen LogP contribution in [0, 0.1) is 5.41 Å². The summed E-state index contributed by atoms with van der Waals surface area (Å²) in [6.07, 6.45) is 6.05. The summed E-state index contributed by atoms with van der Waals surface area (Å²) in [5, 5.41) is 10.1. The van der Waals surface area contributed by atoms with Crippen molar-refractivity contribution in [2.75, 3.05) is 39.9 Å². The molecule has 1 aromatic rings. The maximum Gasteiger partial charge on any atom is 0.251 e. The molecule has 0 radical (unpaired) electrons. The number of carbonyl (C=O) groups excluding carboxylic acids is 1. The van der Waals surface area contributed by atoms with Crippen molar-refractivity contribution < 1.29 is 9.53 Å². The van der Waals surface area contributed by atoms with Crippen molar-refractivity contribution >= 4 is 47.4 Å². The highest BCUT2D eigenvalue weighted by Gasteiger charge is 2.33. The Morgan fingerprint density at radius 3 is 2.41 bits per heavy atom.